The van der Waals surface area contributed by atoms with Crippen LogP contribution in [-0.4, -0.2) is 37.4 Å². The number of nitrogens with zero attached hydrogens (tertiary/aromatic N) is 1. The molecule has 116 valence electrons. The maximum Gasteiger partial charge on any atom is 0.335 e. The van der Waals surface area contributed by atoms with Gasteiger partial charge >= 0.3 is 5.97 Å². The van der Waals surface area contributed by atoms with E-state index in [-0.39, 0.29) is 14.9 Å². The lowest BCUT2D eigenvalue weighted by Crippen LogP contribution is -2.31. The van der Waals surface area contributed by atoms with E-state index < -0.39 is 16.0 Å². The van der Waals surface area contributed by atoms with Gasteiger partial charge in [-0.15, -0.1) is 0 Å². The van der Waals surface area contributed by atoms with Gasteiger partial charge in [0.15, 0.2) is 0 Å². The maximum atomic E-state index is 12.6. The van der Waals surface area contributed by atoms with Crippen molar-refractivity contribution in [2.24, 2.45) is 5.92 Å². The Balaban J connectivity index is 2.23. The summed E-state index contributed by atoms with van der Waals surface area (Å²) in [6, 6.07) is 3.97. The van der Waals surface area contributed by atoms with Crippen LogP contribution in [0.25, 0.3) is 0 Å². The van der Waals surface area contributed by atoms with Gasteiger partial charge in [0.2, 0.25) is 10.0 Å². The summed E-state index contributed by atoms with van der Waals surface area (Å²) in [6.07, 6.45) is 4.46. The molecule has 0 aliphatic heterocycles. The molecule has 0 radical (unpaired) electrons. The van der Waals surface area contributed by atoms with Crippen LogP contribution in [0.2, 0.25) is 0 Å². The first-order chi connectivity index (χ1) is 9.82. The molecule has 1 N–H and O–H groups in total. The summed E-state index contributed by atoms with van der Waals surface area (Å²) in [6.45, 7) is 0.509. The van der Waals surface area contributed by atoms with Gasteiger partial charge in [0.05, 0.1) is 10.5 Å². The lowest BCUT2D eigenvalue weighted by Gasteiger charge is -2.21. The van der Waals surface area contributed by atoms with Crippen molar-refractivity contribution in [2.45, 2.75) is 30.6 Å². The van der Waals surface area contributed by atoms with Crippen LogP contribution in [0.4, 0.5) is 0 Å². The normalized spacial score (nSPS) is 16.5. The van der Waals surface area contributed by atoms with E-state index in [1.165, 1.54) is 22.5 Å². The van der Waals surface area contributed by atoms with Gasteiger partial charge in [-0.3, -0.25) is 0 Å². The monoisotopic (exact) mass is 375 g/mol. The highest BCUT2D eigenvalue weighted by Gasteiger charge is 2.27. The Morgan fingerprint density at radius 2 is 2.00 bits per heavy atom. The second-order valence-corrected chi connectivity index (χ2v) is 8.25. The van der Waals surface area contributed by atoms with Crippen LogP contribution in [0.3, 0.4) is 0 Å². The van der Waals surface area contributed by atoms with Gasteiger partial charge in [-0.2, -0.15) is 0 Å². The summed E-state index contributed by atoms with van der Waals surface area (Å²) in [5.74, 6) is -0.666. The number of carbonyl (C=O) groups is 1. The third kappa shape index (κ3) is 3.64. The molecule has 1 fully saturated rings. The van der Waals surface area contributed by atoms with Gasteiger partial charge in [-0.05, 0) is 52.9 Å². The lowest BCUT2D eigenvalue weighted by atomic mass is 10.1. The first kappa shape index (κ1) is 16.5. The standard InChI is InChI=1S/C14H18BrNO4S/c1-16(9-10-4-2-3-5-10)21(19,20)13-7-6-11(14(17)18)8-12(13)15/h6-8,10H,2-5,9H2,1H3,(H,17,18). The van der Waals surface area contributed by atoms with Crippen molar-refractivity contribution in [1.29, 1.82) is 0 Å². The van der Waals surface area contributed by atoms with E-state index in [2.05, 4.69) is 15.9 Å². The average molecular weight is 376 g/mol. The fraction of sp³-hybridized carbons (Fsp3) is 0.500. The molecule has 0 amide bonds. The average Bonchev–Trinajstić information content (AvgIpc) is 2.90. The summed E-state index contributed by atoms with van der Waals surface area (Å²) in [5.41, 5.74) is 0.0549. The quantitative estimate of drug-likeness (QED) is 0.858. The second kappa shape index (κ2) is 6.46. The van der Waals surface area contributed by atoms with Crippen molar-refractivity contribution in [3.63, 3.8) is 0 Å². The van der Waals surface area contributed by atoms with Crippen LogP contribution in [0.1, 0.15) is 36.0 Å². The van der Waals surface area contributed by atoms with Crippen LogP contribution < -0.4 is 0 Å². The molecule has 0 saturated heterocycles. The molecule has 0 atom stereocenters. The molecule has 7 heteroatoms. The van der Waals surface area contributed by atoms with E-state index in [1.807, 2.05) is 0 Å². The maximum absolute atomic E-state index is 12.6. The van der Waals surface area contributed by atoms with Crippen molar-refractivity contribution in [2.75, 3.05) is 13.6 Å². The summed E-state index contributed by atoms with van der Waals surface area (Å²) in [7, 11) is -2.03. The van der Waals surface area contributed by atoms with Crippen LogP contribution in [-0.2, 0) is 10.0 Å². The molecular formula is C14H18BrNO4S. The van der Waals surface area contributed by atoms with Gasteiger partial charge in [0, 0.05) is 18.1 Å². The number of hydrogen-bond acceptors (Lipinski definition) is 3. The molecule has 1 aromatic rings. The number of carboxylic acid groups (broad SMARTS) is 1. The molecule has 0 bridgehead atoms. The van der Waals surface area contributed by atoms with Crippen molar-refractivity contribution < 1.29 is 18.3 Å². The minimum absolute atomic E-state index is 0.0549. The largest absolute Gasteiger partial charge is 0.478 e. The Labute approximate surface area is 133 Å². The Morgan fingerprint density at radius 1 is 1.38 bits per heavy atom. The third-order valence-corrected chi connectivity index (χ3v) is 6.66. The molecule has 21 heavy (non-hydrogen) atoms. The summed E-state index contributed by atoms with van der Waals surface area (Å²) < 4.78 is 26.8. The topological polar surface area (TPSA) is 74.7 Å². The van der Waals surface area contributed by atoms with Crippen molar-refractivity contribution in [3.8, 4) is 0 Å². The summed E-state index contributed by atoms with van der Waals surface area (Å²) in [4.78, 5) is 11.0. The smallest absolute Gasteiger partial charge is 0.335 e. The first-order valence-corrected chi connectivity index (χ1v) is 9.05. The zero-order valence-corrected chi connectivity index (χ0v) is 14.2. The van der Waals surface area contributed by atoms with E-state index in [9.17, 15) is 13.2 Å². The highest BCUT2D eigenvalue weighted by molar-refractivity contribution is 9.10. The van der Waals surface area contributed by atoms with Crippen molar-refractivity contribution in [3.05, 3.63) is 28.2 Å². The molecule has 0 heterocycles. The van der Waals surface area contributed by atoms with Gasteiger partial charge in [0.1, 0.15) is 0 Å². The molecule has 1 aromatic carbocycles. The first-order valence-electron chi connectivity index (χ1n) is 6.81. The molecule has 0 unspecified atom stereocenters. The minimum atomic E-state index is -3.61. The van der Waals surface area contributed by atoms with Crippen LogP contribution in [0.15, 0.2) is 27.6 Å². The number of sulfonamides is 1. The van der Waals surface area contributed by atoms with Crippen molar-refractivity contribution >= 4 is 31.9 Å². The Morgan fingerprint density at radius 3 is 2.52 bits per heavy atom. The van der Waals surface area contributed by atoms with Crippen molar-refractivity contribution in [1.82, 2.24) is 4.31 Å². The van der Waals surface area contributed by atoms with Gasteiger partial charge in [0.25, 0.3) is 0 Å². The molecule has 1 aliphatic carbocycles. The highest BCUT2D eigenvalue weighted by atomic mass is 79.9. The van der Waals surface area contributed by atoms with E-state index in [0.29, 0.717) is 12.5 Å². The SMILES string of the molecule is CN(CC1CCCC1)S(=O)(=O)c1ccc(C(=O)O)cc1Br. The fourth-order valence-corrected chi connectivity index (χ4v) is 4.95. The Hall–Kier alpha value is -0.920. The molecule has 1 aliphatic rings. The van der Waals surface area contributed by atoms with E-state index in [4.69, 9.17) is 5.11 Å². The third-order valence-electron chi connectivity index (χ3n) is 3.86. The van der Waals surface area contributed by atoms with E-state index in [1.54, 1.807) is 7.05 Å². The Kier molecular flexibility index (Phi) is 5.06. The molecule has 5 nitrogen and oxygen atoms in total. The predicted molar refractivity (Wildman–Crippen MR) is 82.9 cm³/mol. The molecule has 0 spiro atoms. The Bertz CT molecular complexity index is 638. The molecular weight excluding hydrogens is 358 g/mol. The van der Waals surface area contributed by atoms with Crippen LogP contribution >= 0.6 is 15.9 Å². The van der Waals surface area contributed by atoms with E-state index >= 15 is 0 Å². The zero-order chi connectivity index (χ0) is 15.6. The van der Waals surface area contributed by atoms with Gasteiger partial charge in [-0.25, -0.2) is 17.5 Å². The van der Waals surface area contributed by atoms with Gasteiger partial charge < -0.3 is 5.11 Å². The lowest BCUT2D eigenvalue weighted by molar-refractivity contribution is 0.0696. The van der Waals surface area contributed by atoms with E-state index in [0.717, 1.165) is 25.7 Å². The summed E-state index contributed by atoms with van der Waals surface area (Å²) >= 11 is 3.16. The fourth-order valence-electron chi connectivity index (χ4n) is 2.67. The second-order valence-electron chi connectivity index (χ2n) is 5.39. The summed E-state index contributed by atoms with van der Waals surface area (Å²) in [5, 5.41) is 8.92. The molecule has 2 rings (SSSR count). The number of rotatable bonds is 5. The predicted octanol–water partition coefficient (Wildman–Crippen LogP) is 2.96. The highest BCUT2D eigenvalue weighted by Crippen LogP contribution is 2.29. The number of halogens is 1. The number of aromatic carboxylic acids is 1. The van der Waals surface area contributed by atoms with Crippen LogP contribution in [0.5, 0.6) is 0 Å². The number of benzene rings is 1. The number of hydrogen-bond donors (Lipinski definition) is 1. The molecule has 0 aromatic heterocycles. The minimum Gasteiger partial charge on any atom is -0.478 e. The number of carboxylic acids is 1. The van der Waals surface area contributed by atoms with Gasteiger partial charge in [-0.1, -0.05) is 12.8 Å². The molecule has 1 saturated carbocycles. The van der Waals surface area contributed by atoms with Crippen LogP contribution in [0, 0.1) is 5.92 Å². The zero-order valence-electron chi connectivity index (χ0n) is 11.8.